The van der Waals surface area contributed by atoms with Gasteiger partial charge in [-0.05, 0) is 19.4 Å². The Balaban J connectivity index is 2.41. The quantitative estimate of drug-likeness (QED) is 0.727. The van der Waals surface area contributed by atoms with Crippen molar-refractivity contribution in [2.24, 2.45) is 0 Å². The normalized spacial score (nSPS) is 31.5. The summed E-state index contributed by atoms with van der Waals surface area (Å²) in [5.74, 6) is 0. The Labute approximate surface area is 82.7 Å². The lowest BCUT2D eigenvalue weighted by Gasteiger charge is -2.30. The molecule has 0 spiro atoms. The minimum absolute atomic E-state index is 0.181. The van der Waals surface area contributed by atoms with Crippen molar-refractivity contribution in [3.8, 4) is 0 Å². The van der Waals surface area contributed by atoms with Crippen LogP contribution >= 0.6 is 0 Å². The highest BCUT2D eigenvalue weighted by Crippen LogP contribution is 2.12. The van der Waals surface area contributed by atoms with E-state index in [4.69, 9.17) is 4.74 Å². The van der Waals surface area contributed by atoms with Crippen molar-refractivity contribution in [2.45, 2.75) is 31.1 Å². The Morgan fingerprint density at radius 3 is 3.00 bits per heavy atom. The van der Waals surface area contributed by atoms with Gasteiger partial charge in [0.25, 0.3) is 0 Å². The Bertz CT molecular complexity index is 175. The van der Waals surface area contributed by atoms with E-state index in [-0.39, 0.29) is 5.25 Å². The van der Waals surface area contributed by atoms with Crippen LogP contribution in [-0.2, 0) is 15.5 Å². The van der Waals surface area contributed by atoms with Crippen molar-refractivity contribution in [1.29, 1.82) is 0 Å². The third kappa shape index (κ3) is 3.37. The van der Waals surface area contributed by atoms with E-state index in [1.807, 2.05) is 0 Å². The first-order chi connectivity index (χ1) is 6.25. The Morgan fingerprint density at radius 2 is 2.38 bits per heavy atom. The van der Waals surface area contributed by atoms with Gasteiger partial charge in [-0.15, -0.1) is 0 Å². The minimum Gasteiger partial charge on any atom is -0.380 e. The molecule has 0 bridgehead atoms. The van der Waals surface area contributed by atoms with Crippen LogP contribution in [0.3, 0.4) is 0 Å². The average molecular weight is 205 g/mol. The predicted octanol–water partition coefficient (Wildman–Crippen LogP) is 0.522. The van der Waals surface area contributed by atoms with Crippen LogP contribution in [-0.4, -0.2) is 41.5 Å². The van der Waals surface area contributed by atoms with Crippen LogP contribution in [0.2, 0.25) is 0 Å². The van der Waals surface area contributed by atoms with Crippen molar-refractivity contribution < 1.29 is 8.95 Å². The van der Waals surface area contributed by atoms with Gasteiger partial charge in [0, 0.05) is 29.7 Å². The number of hydrogen-bond acceptors (Lipinski definition) is 3. The molecule has 3 atom stereocenters. The smallest absolute Gasteiger partial charge is 0.0732 e. The zero-order valence-electron chi connectivity index (χ0n) is 8.41. The van der Waals surface area contributed by atoms with Crippen molar-refractivity contribution in [3.05, 3.63) is 0 Å². The second kappa shape index (κ2) is 5.73. The molecular formula is C9H19NO2S. The van der Waals surface area contributed by atoms with E-state index in [9.17, 15) is 4.21 Å². The van der Waals surface area contributed by atoms with Gasteiger partial charge in [0.1, 0.15) is 0 Å². The standard InChI is InChI=1S/C9H19NO2S/c1-3-5-10-8-4-6-12-7-9(8)13(2)11/h8-10H,3-7H2,1-2H3. The average Bonchev–Trinajstić information content (AvgIpc) is 2.15. The molecule has 0 aromatic carbocycles. The molecule has 0 aromatic rings. The van der Waals surface area contributed by atoms with Crippen molar-refractivity contribution >= 4 is 10.8 Å². The molecule has 3 nitrogen and oxygen atoms in total. The molecule has 1 aliphatic rings. The van der Waals surface area contributed by atoms with Gasteiger partial charge >= 0.3 is 0 Å². The van der Waals surface area contributed by atoms with Crippen LogP contribution in [0, 0.1) is 0 Å². The monoisotopic (exact) mass is 205 g/mol. The molecule has 0 aliphatic carbocycles. The summed E-state index contributed by atoms with van der Waals surface area (Å²) >= 11 is 0. The summed E-state index contributed by atoms with van der Waals surface area (Å²) in [4.78, 5) is 0. The van der Waals surface area contributed by atoms with Crippen LogP contribution in [0.5, 0.6) is 0 Å². The molecule has 13 heavy (non-hydrogen) atoms. The molecule has 0 saturated carbocycles. The molecule has 3 unspecified atom stereocenters. The maximum Gasteiger partial charge on any atom is 0.0732 e. The number of ether oxygens (including phenoxy) is 1. The Hall–Kier alpha value is 0.0700. The van der Waals surface area contributed by atoms with Gasteiger partial charge in [-0.1, -0.05) is 6.92 Å². The first kappa shape index (κ1) is 11.1. The number of rotatable bonds is 4. The Kier molecular flexibility index (Phi) is 4.91. The minimum atomic E-state index is -0.773. The maximum absolute atomic E-state index is 11.4. The molecule has 1 aliphatic heterocycles. The van der Waals surface area contributed by atoms with Crippen molar-refractivity contribution in [3.63, 3.8) is 0 Å². The zero-order chi connectivity index (χ0) is 9.68. The van der Waals surface area contributed by atoms with E-state index in [1.54, 1.807) is 6.26 Å². The summed E-state index contributed by atoms with van der Waals surface area (Å²) in [5, 5.41) is 3.61. The number of hydrogen-bond donors (Lipinski definition) is 1. The fourth-order valence-corrected chi connectivity index (χ4v) is 2.59. The molecule has 1 fully saturated rings. The highest BCUT2D eigenvalue weighted by Gasteiger charge is 2.27. The Morgan fingerprint density at radius 1 is 1.62 bits per heavy atom. The third-order valence-electron chi connectivity index (χ3n) is 2.39. The largest absolute Gasteiger partial charge is 0.380 e. The van der Waals surface area contributed by atoms with Gasteiger partial charge in [0.05, 0.1) is 11.9 Å². The van der Waals surface area contributed by atoms with Gasteiger partial charge in [-0.2, -0.15) is 0 Å². The third-order valence-corrected chi connectivity index (χ3v) is 3.70. The van der Waals surface area contributed by atoms with Gasteiger partial charge in [-0.3, -0.25) is 4.21 Å². The second-order valence-electron chi connectivity index (χ2n) is 3.46. The molecule has 0 radical (unpaired) electrons. The van der Waals surface area contributed by atoms with E-state index < -0.39 is 10.8 Å². The number of nitrogens with one attached hydrogen (secondary N) is 1. The van der Waals surface area contributed by atoms with Crippen LogP contribution in [0.4, 0.5) is 0 Å². The lowest BCUT2D eigenvalue weighted by molar-refractivity contribution is 0.0822. The maximum atomic E-state index is 11.4. The fourth-order valence-electron chi connectivity index (χ4n) is 1.60. The summed E-state index contributed by atoms with van der Waals surface area (Å²) in [7, 11) is -0.773. The lowest BCUT2D eigenvalue weighted by Crippen LogP contribution is -2.48. The van der Waals surface area contributed by atoms with E-state index in [2.05, 4.69) is 12.2 Å². The van der Waals surface area contributed by atoms with E-state index in [1.165, 1.54) is 0 Å². The zero-order valence-corrected chi connectivity index (χ0v) is 9.23. The predicted molar refractivity (Wildman–Crippen MR) is 55.4 cm³/mol. The molecule has 1 heterocycles. The summed E-state index contributed by atoms with van der Waals surface area (Å²) in [5.41, 5.74) is 0. The van der Waals surface area contributed by atoms with E-state index in [0.29, 0.717) is 12.6 Å². The molecule has 1 rings (SSSR count). The lowest BCUT2D eigenvalue weighted by atomic mass is 10.1. The van der Waals surface area contributed by atoms with Crippen molar-refractivity contribution in [2.75, 3.05) is 26.0 Å². The highest BCUT2D eigenvalue weighted by molar-refractivity contribution is 7.85. The highest BCUT2D eigenvalue weighted by atomic mass is 32.2. The molecule has 1 N–H and O–H groups in total. The topological polar surface area (TPSA) is 38.3 Å². The summed E-state index contributed by atoms with van der Waals surface area (Å²) in [6, 6.07) is 0.388. The summed E-state index contributed by atoms with van der Waals surface area (Å²) in [6.07, 6.45) is 3.88. The van der Waals surface area contributed by atoms with E-state index in [0.717, 1.165) is 26.0 Å². The van der Waals surface area contributed by atoms with Crippen LogP contribution < -0.4 is 5.32 Å². The van der Waals surface area contributed by atoms with Gasteiger partial charge in [0.15, 0.2) is 0 Å². The molecule has 78 valence electrons. The van der Waals surface area contributed by atoms with Crippen LogP contribution in [0.15, 0.2) is 0 Å². The molecule has 0 aromatic heterocycles. The SMILES string of the molecule is CCCNC1CCOCC1S(C)=O. The van der Waals surface area contributed by atoms with Crippen LogP contribution in [0.1, 0.15) is 19.8 Å². The first-order valence-electron chi connectivity index (χ1n) is 4.89. The molecule has 4 heteroatoms. The van der Waals surface area contributed by atoms with E-state index >= 15 is 0 Å². The second-order valence-corrected chi connectivity index (χ2v) is 5.06. The fraction of sp³-hybridized carbons (Fsp3) is 1.00. The van der Waals surface area contributed by atoms with Gasteiger partial charge in [-0.25, -0.2) is 0 Å². The first-order valence-corrected chi connectivity index (χ1v) is 6.51. The van der Waals surface area contributed by atoms with Gasteiger partial charge < -0.3 is 10.1 Å². The van der Waals surface area contributed by atoms with Crippen molar-refractivity contribution in [1.82, 2.24) is 5.32 Å². The summed E-state index contributed by atoms with van der Waals surface area (Å²) in [6.45, 7) is 4.60. The molecular weight excluding hydrogens is 186 g/mol. The summed E-state index contributed by atoms with van der Waals surface area (Å²) < 4.78 is 16.7. The van der Waals surface area contributed by atoms with Gasteiger partial charge in [0.2, 0.25) is 0 Å². The van der Waals surface area contributed by atoms with Crippen LogP contribution in [0.25, 0.3) is 0 Å². The molecule has 0 amide bonds. The molecule has 1 saturated heterocycles.